The van der Waals surface area contributed by atoms with E-state index in [9.17, 15) is 0 Å². The summed E-state index contributed by atoms with van der Waals surface area (Å²) >= 11 is 5.14. The van der Waals surface area contributed by atoms with Gasteiger partial charge in [0, 0.05) is 4.86 Å². The lowest BCUT2D eigenvalue weighted by Crippen LogP contribution is -1.89. The Labute approximate surface area is 107 Å². The quantitative estimate of drug-likeness (QED) is 0.592. The molecule has 0 saturated heterocycles. The van der Waals surface area contributed by atoms with Crippen molar-refractivity contribution < 1.29 is 4.74 Å². The fourth-order valence-corrected chi connectivity index (χ4v) is 1.84. The second kappa shape index (κ2) is 5.11. The van der Waals surface area contributed by atoms with Gasteiger partial charge in [0.25, 0.3) is 0 Å². The molecule has 0 spiro atoms. The van der Waals surface area contributed by atoms with Crippen LogP contribution in [-0.4, -0.2) is 12.0 Å². The standard InChI is InChI=1S/C15H14OS/c1-11(17)12-6-8-13(9-7-12)14-4-3-5-15(10-14)16-2/h3-10H,1-2H3. The van der Waals surface area contributed by atoms with Crippen LogP contribution in [0.4, 0.5) is 0 Å². The van der Waals surface area contributed by atoms with Gasteiger partial charge in [-0.1, -0.05) is 48.6 Å². The molecule has 0 N–H and O–H groups in total. The zero-order chi connectivity index (χ0) is 12.3. The van der Waals surface area contributed by atoms with E-state index in [2.05, 4.69) is 30.3 Å². The van der Waals surface area contributed by atoms with Crippen LogP contribution in [0.2, 0.25) is 0 Å². The van der Waals surface area contributed by atoms with Crippen molar-refractivity contribution in [1.29, 1.82) is 0 Å². The number of hydrogen-bond acceptors (Lipinski definition) is 2. The summed E-state index contributed by atoms with van der Waals surface area (Å²) in [4.78, 5) is 0.919. The largest absolute Gasteiger partial charge is 0.497 e. The normalized spacial score (nSPS) is 10.0. The van der Waals surface area contributed by atoms with E-state index in [1.54, 1.807) is 7.11 Å². The van der Waals surface area contributed by atoms with E-state index in [0.29, 0.717) is 0 Å². The highest BCUT2D eigenvalue weighted by Crippen LogP contribution is 2.24. The number of thiocarbonyl (C=S) groups is 1. The van der Waals surface area contributed by atoms with Crippen molar-refractivity contribution in [2.75, 3.05) is 7.11 Å². The third kappa shape index (κ3) is 2.71. The van der Waals surface area contributed by atoms with E-state index < -0.39 is 0 Å². The van der Waals surface area contributed by atoms with Crippen molar-refractivity contribution >= 4 is 17.1 Å². The van der Waals surface area contributed by atoms with Gasteiger partial charge in [-0.2, -0.15) is 0 Å². The molecule has 0 aliphatic carbocycles. The van der Waals surface area contributed by atoms with Crippen LogP contribution in [0.3, 0.4) is 0 Å². The van der Waals surface area contributed by atoms with Crippen LogP contribution >= 0.6 is 12.2 Å². The first-order valence-corrected chi connectivity index (χ1v) is 5.87. The van der Waals surface area contributed by atoms with E-state index in [-0.39, 0.29) is 0 Å². The van der Waals surface area contributed by atoms with Crippen molar-refractivity contribution in [2.24, 2.45) is 0 Å². The third-order valence-electron chi connectivity index (χ3n) is 2.69. The molecule has 0 atom stereocenters. The van der Waals surface area contributed by atoms with Crippen molar-refractivity contribution in [3.63, 3.8) is 0 Å². The summed E-state index contributed by atoms with van der Waals surface area (Å²) in [6.45, 7) is 1.94. The molecular weight excluding hydrogens is 228 g/mol. The average molecular weight is 242 g/mol. The summed E-state index contributed by atoms with van der Waals surface area (Å²) in [7, 11) is 1.68. The first kappa shape index (κ1) is 11.8. The van der Waals surface area contributed by atoms with Gasteiger partial charge in [-0.15, -0.1) is 0 Å². The number of rotatable bonds is 3. The summed E-state index contributed by atoms with van der Waals surface area (Å²) in [5.41, 5.74) is 3.42. The fraction of sp³-hybridized carbons (Fsp3) is 0.133. The molecule has 0 amide bonds. The Balaban J connectivity index is 2.36. The highest BCUT2D eigenvalue weighted by molar-refractivity contribution is 7.80. The molecule has 17 heavy (non-hydrogen) atoms. The molecule has 0 aliphatic heterocycles. The highest BCUT2D eigenvalue weighted by Gasteiger charge is 2.00. The zero-order valence-corrected chi connectivity index (χ0v) is 10.8. The molecule has 2 aromatic rings. The Hall–Kier alpha value is -1.67. The lowest BCUT2D eigenvalue weighted by Gasteiger charge is -2.05. The van der Waals surface area contributed by atoms with Crippen molar-refractivity contribution in [3.05, 3.63) is 54.1 Å². The summed E-state index contributed by atoms with van der Waals surface area (Å²) in [5.74, 6) is 0.873. The van der Waals surface area contributed by atoms with Gasteiger partial charge < -0.3 is 4.74 Å². The lowest BCUT2D eigenvalue weighted by atomic mass is 10.0. The van der Waals surface area contributed by atoms with Crippen molar-refractivity contribution in [1.82, 2.24) is 0 Å². The van der Waals surface area contributed by atoms with Gasteiger partial charge in [0.1, 0.15) is 5.75 Å². The minimum absolute atomic E-state index is 0.873. The Morgan fingerprint density at radius 3 is 2.29 bits per heavy atom. The Morgan fingerprint density at radius 1 is 1.00 bits per heavy atom. The van der Waals surface area contributed by atoms with Crippen molar-refractivity contribution in [2.45, 2.75) is 6.92 Å². The van der Waals surface area contributed by atoms with Crippen LogP contribution in [0.1, 0.15) is 12.5 Å². The molecule has 2 heteroatoms. The van der Waals surface area contributed by atoms with E-state index in [1.165, 1.54) is 5.56 Å². The van der Waals surface area contributed by atoms with Crippen LogP contribution in [0.15, 0.2) is 48.5 Å². The van der Waals surface area contributed by atoms with Gasteiger partial charge in [-0.05, 0) is 35.7 Å². The molecule has 86 valence electrons. The zero-order valence-electron chi connectivity index (χ0n) is 9.94. The lowest BCUT2D eigenvalue weighted by molar-refractivity contribution is 0.415. The maximum absolute atomic E-state index is 5.22. The molecule has 0 aliphatic rings. The van der Waals surface area contributed by atoms with E-state index in [4.69, 9.17) is 17.0 Å². The predicted octanol–water partition coefficient (Wildman–Crippen LogP) is 4.10. The summed E-state index contributed by atoms with van der Waals surface area (Å²) in [6.07, 6.45) is 0. The summed E-state index contributed by atoms with van der Waals surface area (Å²) < 4.78 is 5.22. The highest BCUT2D eigenvalue weighted by atomic mass is 32.1. The molecule has 0 heterocycles. The molecule has 2 aromatic carbocycles. The van der Waals surface area contributed by atoms with E-state index in [1.807, 2.05) is 25.1 Å². The Bertz CT molecular complexity index is 529. The van der Waals surface area contributed by atoms with Gasteiger partial charge in [-0.3, -0.25) is 0 Å². The van der Waals surface area contributed by atoms with E-state index in [0.717, 1.165) is 21.7 Å². The smallest absolute Gasteiger partial charge is 0.119 e. The monoisotopic (exact) mass is 242 g/mol. The van der Waals surface area contributed by atoms with Gasteiger partial charge in [-0.25, -0.2) is 0 Å². The first-order chi connectivity index (χ1) is 8.20. The van der Waals surface area contributed by atoms with Gasteiger partial charge in [0.15, 0.2) is 0 Å². The molecule has 0 aromatic heterocycles. The van der Waals surface area contributed by atoms with Crippen LogP contribution in [0.25, 0.3) is 11.1 Å². The Kier molecular flexibility index (Phi) is 3.55. The number of methoxy groups -OCH3 is 1. The Morgan fingerprint density at radius 2 is 1.71 bits per heavy atom. The minimum atomic E-state index is 0.873. The molecule has 1 nitrogen and oxygen atoms in total. The molecule has 0 bridgehead atoms. The minimum Gasteiger partial charge on any atom is -0.497 e. The average Bonchev–Trinajstić information content (AvgIpc) is 2.39. The topological polar surface area (TPSA) is 9.23 Å². The maximum Gasteiger partial charge on any atom is 0.119 e. The van der Waals surface area contributed by atoms with E-state index >= 15 is 0 Å². The van der Waals surface area contributed by atoms with Gasteiger partial charge in [0.2, 0.25) is 0 Å². The van der Waals surface area contributed by atoms with Crippen LogP contribution in [0.5, 0.6) is 5.75 Å². The third-order valence-corrected chi connectivity index (χ3v) is 2.93. The second-order valence-electron chi connectivity index (χ2n) is 3.87. The van der Waals surface area contributed by atoms with Crippen LogP contribution in [-0.2, 0) is 0 Å². The first-order valence-electron chi connectivity index (χ1n) is 5.46. The van der Waals surface area contributed by atoms with Gasteiger partial charge in [0.05, 0.1) is 7.11 Å². The molecule has 0 saturated carbocycles. The molecule has 0 fully saturated rings. The van der Waals surface area contributed by atoms with Gasteiger partial charge >= 0.3 is 0 Å². The molecular formula is C15H14OS. The molecule has 0 radical (unpaired) electrons. The number of ether oxygens (including phenoxy) is 1. The number of benzene rings is 2. The number of hydrogen-bond donors (Lipinski definition) is 0. The molecule has 0 unspecified atom stereocenters. The summed E-state index contributed by atoms with van der Waals surface area (Å²) in [6, 6.07) is 16.3. The second-order valence-corrected chi connectivity index (χ2v) is 4.48. The maximum atomic E-state index is 5.22. The van der Waals surface area contributed by atoms with Crippen molar-refractivity contribution in [3.8, 4) is 16.9 Å². The molecule has 2 rings (SSSR count). The fourth-order valence-electron chi connectivity index (χ4n) is 1.70. The SMILES string of the molecule is COc1cccc(-c2ccc(C(C)=S)cc2)c1. The predicted molar refractivity (Wildman–Crippen MR) is 75.8 cm³/mol. The van der Waals surface area contributed by atoms with Crippen LogP contribution < -0.4 is 4.74 Å². The van der Waals surface area contributed by atoms with Crippen LogP contribution in [0, 0.1) is 0 Å². The summed E-state index contributed by atoms with van der Waals surface area (Å²) in [5, 5.41) is 0.